The van der Waals surface area contributed by atoms with Crippen molar-refractivity contribution in [2.24, 2.45) is 0 Å². The minimum Gasteiger partial charge on any atom is -0.462 e. The number of hydrogen-bond acceptors (Lipinski definition) is 6. The minimum atomic E-state index is -0.797. The first-order valence-electron chi connectivity index (χ1n) is 21.9. The Hall–Kier alpha value is -3.15. The van der Waals surface area contributed by atoms with Gasteiger partial charge in [-0.15, -0.1) is 0 Å². The van der Waals surface area contributed by atoms with E-state index in [-0.39, 0.29) is 37.5 Å². The normalized spacial score (nSPS) is 12.7. The monoisotopic (exact) mass is 753 g/mol. The summed E-state index contributed by atoms with van der Waals surface area (Å²) in [6.07, 6.45) is 51.8. The Bertz CT molecular complexity index is 1050. The molecule has 0 aliphatic heterocycles. The number of ether oxygens (including phenoxy) is 3. The zero-order valence-electron chi connectivity index (χ0n) is 35.0. The number of carbonyl (C=O) groups is 3. The van der Waals surface area contributed by atoms with Crippen molar-refractivity contribution in [2.45, 2.75) is 200 Å². The maximum atomic E-state index is 12.7. The van der Waals surface area contributed by atoms with Crippen LogP contribution in [0.4, 0.5) is 0 Å². The van der Waals surface area contributed by atoms with E-state index in [1.807, 2.05) is 0 Å². The van der Waals surface area contributed by atoms with Gasteiger partial charge >= 0.3 is 17.9 Å². The maximum absolute atomic E-state index is 12.7. The van der Waals surface area contributed by atoms with Gasteiger partial charge in [0.25, 0.3) is 0 Å². The molecule has 6 heteroatoms. The van der Waals surface area contributed by atoms with Crippen LogP contribution in [0.25, 0.3) is 0 Å². The molecule has 0 N–H and O–H groups in total. The summed E-state index contributed by atoms with van der Waals surface area (Å²) < 4.78 is 16.6. The molecule has 1 unspecified atom stereocenters. The van der Waals surface area contributed by atoms with Gasteiger partial charge in [0, 0.05) is 19.3 Å². The van der Waals surface area contributed by atoms with Crippen LogP contribution in [-0.2, 0) is 28.6 Å². The predicted octanol–water partition coefficient (Wildman–Crippen LogP) is 13.9. The number of allylic oxidation sites excluding steroid dienone is 12. The van der Waals surface area contributed by atoms with Gasteiger partial charge in [0.2, 0.25) is 0 Å². The molecule has 0 aromatic rings. The smallest absolute Gasteiger partial charge is 0.306 e. The fraction of sp³-hybridized carbons (Fsp3) is 0.688. The highest BCUT2D eigenvalue weighted by molar-refractivity contribution is 5.71. The van der Waals surface area contributed by atoms with Gasteiger partial charge in [-0.05, 0) is 77.0 Å². The van der Waals surface area contributed by atoms with Crippen LogP contribution in [0.1, 0.15) is 194 Å². The first-order chi connectivity index (χ1) is 26.5. The molecule has 0 aliphatic rings. The Morgan fingerprint density at radius 3 is 1.28 bits per heavy atom. The fourth-order valence-electron chi connectivity index (χ4n) is 5.63. The molecule has 0 rings (SSSR count). The summed E-state index contributed by atoms with van der Waals surface area (Å²) in [5, 5.41) is 0. The van der Waals surface area contributed by atoms with E-state index in [0.717, 1.165) is 89.9 Å². The van der Waals surface area contributed by atoms with Gasteiger partial charge in [-0.1, -0.05) is 171 Å². The molecule has 54 heavy (non-hydrogen) atoms. The Balaban J connectivity index is 4.45. The van der Waals surface area contributed by atoms with Crippen LogP contribution < -0.4 is 0 Å². The third-order valence-electron chi connectivity index (χ3n) is 8.95. The summed E-state index contributed by atoms with van der Waals surface area (Å²) in [5.74, 6) is -0.980. The summed E-state index contributed by atoms with van der Waals surface area (Å²) in [5.41, 5.74) is 0. The van der Waals surface area contributed by atoms with E-state index >= 15 is 0 Å². The second-order valence-corrected chi connectivity index (χ2v) is 14.2. The molecular weight excluding hydrogens is 673 g/mol. The van der Waals surface area contributed by atoms with Crippen LogP contribution in [0.3, 0.4) is 0 Å². The van der Waals surface area contributed by atoms with E-state index in [1.165, 1.54) is 57.8 Å². The Labute approximate surface area is 332 Å². The molecule has 0 amide bonds. The fourth-order valence-corrected chi connectivity index (χ4v) is 5.63. The van der Waals surface area contributed by atoms with Crippen molar-refractivity contribution in [1.82, 2.24) is 0 Å². The molecule has 0 heterocycles. The number of hydrogen-bond donors (Lipinski definition) is 0. The molecule has 0 radical (unpaired) electrons. The van der Waals surface area contributed by atoms with E-state index in [1.54, 1.807) is 0 Å². The highest BCUT2D eigenvalue weighted by Gasteiger charge is 2.19. The van der Waals surface area contributed by atoms with E-state index < -0.39 is 6.10 Å². The number of rotatable bonds is 38. The average Bonchev–Trinajstić information content (AvgIpc) is 3.17. The molecule has 6 nitrogen and oxygen atoms in total. The summed E-state index contributed by atoms with van der Waals surface area (Å²) in [4.78, 5) is 37.6. The van der Waals surface area contributed by atoms with Crippen molar-refractivity contribution in [3.63, 3.8) is 0 Å². The molecule has 0 aromatic heterocycles. The number of unbranched alkanes of at least 4 members (excludes halogenated alkanes) is 15. The van der Waals surface area contributed by atoms with E-state index in [2.05, 4.69) is 93.7 Å². The van der Waals surface area contributed by atoms with Gasteiger partial charge in [0.15, 0.2) is 6.10 Å². The van der Waals surface area contributed by atoms with Crippen molar-refractivity contribution in [3.05, 3.63) is 72.9 Å². The summed E-state index contributed by atoms with van der Waals surface area (Å²) >= 11 is 0. The van der Waals surface area contributed by atoms with Crippen LogP contribution in [0.15, 0.2) is 72.9 Å². The number of carbonyl (C=O) groups excluding carboxylic acids is 3. The molecular formula is C48H80O6. The second kappa shape index (κ2) is 42.6. The van der Waals surface area contributed by atoms with Crippen LogP contribution in [0, 0.1) is 0 Å². The summed E-state index contributed by atoms with van der Waals surface area (Å²) in [6.45, 7) is 6.37. The predicted molar refractivity (Wildman–Crippen MR) is 228 cm³/mol. The van der Waals surface area contributed by atoms with Crippen molar-refractivity contribution in [2.75, 3.05) is 13.2 Å². The van der Waals surface area contributed by atoms with Crippen LogP contribution in [0.5, 0.6) is 0 Å². The lowest BCUT2D eigenvalue weighted by atomic mass is 10.1. The van der Waals surface area contributed by atoms with Crippen molar-refractivity contribution in [3.8, 4) is 0 Å². The molecule has 0 saturated carbocycles. The van der Waals surface area contributed by atoms with Crippen molar-refractivity contribution >= 4 is 17.9 Å². The van der Waals surface area contributed by atoms with Gasteiger partial charge < -0.3 is 14.2 Å². The maximum Gasteiger partial charge on any atom is 0.306 e. The molecule has 1 atom stereocenters. The molecule has 0 bridgehead atoms. The topological polar surface area (TPSA) is 78.9 Å². The molecule has 0 spiro atoms. The molecule has 0 saturated heterocycles. The van der Waals surface area contributed by atoms with Gasteiger partial charge in [-0.3, -0.25) is 14.4 Å². The lowest BCUT2D eigenvalue weighted by molar-refractivity contribution is -0.167. The van der Waals surface area contributed by atoms with Crippen LogP contribution in [-0.4, -0.2) is 37.2 Å². The van der Waals surface area contributed by atoms with Gasteiger partial charge in [0.05, 0.1) is 0 Å². The first-order valence-corrected chi connectivity index (χ1v) is 21.9. The highest BCUT2D eigenvalue weighted by atomic mass is 16.6. The van der Waals surface area contributed by atoms with Crippen molar-refractivity contribution < 1.29 is 28.6 Å². The highest BCUT2D eigenvalue weighted by Crippen LogP contribution is 2.12. The quantitative estimate of drug-likeness (QED) is 0.0270. The molecule has 308 valence electrons. The third-order valence-corrected chi connectivity index (χ3v) is 8.95. The Kier molecular flexibility index (Phi) is 40.1. The molecule has 0 aromatic carbocycles. The molecule has 0 aliphatic carbocycles. The van der Waals surface area contributed by atoms with Crippen LogP contribution in [0.2, 0.25) is 0 Å². The lowest BCUT2D eigenvalue weighted by Gasteiger charge is -2.18. The largest absolute Gasteiger partial charge is 0.462 e. The second-order valence-electron chi connectivity index (χ2n) is 14.2. The van der Waals surface area contributed by atoms with E-state index in [4.69, 9.17) is 14.2 Å². The lowest BCUT2D eigenvalue weighted by Crippen LogP contribution is -2.30. The zero-order chi connectivity index (χ0) is 39.4. The summed E-state index contributed by atoms with van der Waals surface area (Å²) in [6, 6.07) is 0. The van der Waals surface area contributed by atoms with Crippen LogP contribution >= 0.6 is 0 Å². The molecule has 0 fully saturated rings. The van der Waals surface area contributed by atoms with Gasteiger partial charge in [-0.2, -0.15) is 0 Å². The number of esters is 3. The Morgan fingerprint density at radius 1 is 0.389 bits per heavy atom. The van der Waals surface area contributed by atoms with E-state index in [9.17, 15) is 14.4 Å². The SMILES string of the molecule is CC/C=C\C/C=C\C/C=C\C/C=C\C/C=C\CCCC(=O)OCC(COC(=O)CCCCCCCCCC)OC(=O)CCCCCCC/C=C\CCCC. The zero-order valence-corrected chi connectivity index (χ0v) is 35.0. The standard InChI is InChI=1S/C48H80O6/c1-4-7-10-13-16-19-21-22-23-24-25-26-28-29-32-35-38-41-47(50)53-44-45(43-52-46(49)40-37-34-31-18-15-12-9-6-3)54-48(51)42-39-36-33-30-27-20-17-14-11-8-5-2/h7,10,14,16-17,19,22-23,25-26,29,32,45H,4-6,8-9,11-13,15,18,20-21,24,27-28,30-31,33-44H2,1-3H3/b10-7-,17-14-,19-16-,23-22-,26-25-,32-29-. The third kappa shape index (κ3) is 40.0. The van der Waals surface area contributed by atoms with E-state index in [0.29, 0.717) is 19.3 Å². The summed E-state index contributed by atoms with van der Waals surface area (Å²) in [7, 11) is 0. The van der Waals surface area contributed by atoms with Crippen molar-refractivity contribution in [1.29, 1.82) is 0 Å². The Morgan fingerprint density at radius 2 is 0.759 bits per heavy atom. The minimum absolute atomic E-state index is 0.0965. The average molecular weight is 753 g/mol. The van der Waals surface area contributed by atoms with Gasteiger partial charge in [-0.25, -0.2) is 0 Å². The van der Waals surface area contributed by atoms with Gasteiger partial charge in [0.1, 0.15) is 13.2 Å². The first kappa shape index (κ1) is 50.9.